The fourth-order valence-corrected chi connectivity index (χ4v) is 9.14. The third-order valence-corrected chi connectivity index (χ3v) is 11.9. The van der Waals surface area contributed by atoms with Crippen LogP contribution in [0.5, 0.6) is 23.0 Å². The lowest BCUT2D eigenvalue weighted by Crippen LogP contribution is -2.20. The first-order valence-corrected chi connectivity index (χ1v) is 19.8. The van der Waals surface area contributed by atoms with Gasteiger partial charge in [0.15, 0.2) is 23.0 Å². The lowest BCUT2D eigenvalue weighted by atomic mass is 9.95. The standard InChI is InChI=1S/C54H31NO4/c1-4-14-44-40(9-1)52-38(11-7-17-47(52)56-44)34-23-19-32(20-24-34)36-27-28-43-49(29-36)59-51-31-37(30-50-54(51)55(43)42-13-3-6-16-46(42)58-50)33-21-25-35(26-22-33)39-12-8-18-48-53(39)41-10-2-5-15-45(41)57-48/h1-31H. The first-order valence-electron chi connectivity index (χ1n) is 19.8. The molecular weight excluding hydrogens is 727 g/mol. The van der Waals surface area contributed by atoms with Crippen molar-refractivity contribution in [3.8, 4) is 67.5 Å². The van der Waals surface area contributed by atoms with Gasteiger partial charge in [0.05, 0.1) is 11.4 Å². The number of furan rings is 2. The van der Waals surface area contributed by atoms with Crippen LogP contribution in [-0.2, 0) is 0 Å². The second kappa shape index (κ2) is 12.2. The van der Waals surface area contributed by atoms with Crippen LogP contribution in [0.25, 0.3) is 88.4 Å². The Kier molecular flexibility index (Phi) is 6.66. The molecule has 0 radical (unpaired) electrons. The third-order valence-electron chi connectivity index (χ3n) is 11.9. The van der Waals surface area contributed by atoms with Crippen molar-refractivity contribution in [2.75, 3.05) is 4.90 Å². The quantitative estimate of drug-likeness (QED) is 0.179. The molecule has 0 spiro atoms. The van der Waals surface area contributed by atoms with E-state index in [2.05, 4.69) is 138 Å². The van der Waals surface area contributed by atoms with E-state index in [1.165, 1.54) is 0 Å². The molecule has 0 N–H and O–H groups in total. The van der Waals surface area contributed by atoms with E-state index in [9.17, 15) is 0 Å². The number of nitrogens with zero attached hydrogens (tertiary/aromatic N) is 1. The highest BCUT2D eigenvalue weighted by atomic mass is 16.5. The fraction of sp³-hybridized carbons (Fsp3) is 0. The number of rotatable bonds is 4. The number of ether oxygens (including phenoxy) is 2. The molecule has 13 rings (SSSR count). The molecule has 0 bridgehead atoms. The van der Waals surface area contributed by atoms with Gasteiger partial charge in [-0.05, 0) is 105 Å². The van der Waals surface area contributed by atoms with Crippen LogP contribution in [0.4, 0.5) is 17.1 Å². The van der Waals surface area contributed by atoms with Crippen LogP contribution in [0.3, 0.4) is 0 Å². The maximum Gasteiger partial charge on any atom is 0.156 e. The molecule has 2 aromatic heterocycles. The molecule has 9 aromatic carbocycles. The van der Waals surface area contributed by atoms with Gasteiger partial charge in [-0.15, -0.1) is 0 Å². The number of para-hydroxylation sites is 4. The molecule has 0 saturated heterocycles. The van der Waals surface area contributed by atoms with Crippen LogP contribution in [0.2, 0.25) is 0 Å². The summed E-state index contributed by atoms with van der Waals surface area (Å²) >= 11 is 0. The number of benzene rings is 9. The van der Waals surface area contributed by atoms with Gasteiger partial charge < -0.3 is 18.3 Å². The minimum Gasteiger partial charge on any atom is -0.456 e. The molecule has 2 aliphatic rings. The topological polar surface area (TPSA) is 48.0 Å². The summed E-state index contributed by atoms with van der Waals surface area (Å²) in [6, 6.07) is 65.4. The second-order valence-corrected chi connectivity index (χ2v) is 15.2. The van der Waals surface area contributed by atoms with Crippen LogP contribution in [0.1, 0.15) is 0 Å². The van der Waals surface area contributed by atoms with Crippen LogP contribution in [-0.4, -0.2) is 0 Å². The van der Waals surface area contributed by atoms with Gasteiger partial charge in [-0.25, -0.2) is 0 Å². The van der Waals surface area contributed by atoms with Crippen molar-refractivity contribution in [2.24, 2.45) is 0 Å². The van der Waals surface area contributed by atoms with E-state index in [-0.39, 0.29) is 0 Å². The molecule has 276 valence electrons. The molecular formula is C54H31NO4. The van der Waals surface area contributed by atoms with Gasteiger partial charge in [0.25, 0.3) is 0 Å². The Balaban J connectivity index is 0.876. The zero-order valence-electron chi connectivity index (χ0n) is 31.5. The Bertz CT molecular complexity index is 3500. The van der Waals surface area contributed by atoms with Gasteiger partial charge in [0.2, 0.25) is 0 Å². The first kappa shape index (κ1) is 32.1. The average molecular weight is 758 g/mol. The number of anilines is 3. The smallest absolute Gasteiger partial charge is 0.156 e. The average Bonchev–Trinajstić information content (AvgIpc) is 3.88. The summed E-state index contributed by atoms with van der Waals surface area (Å²) in [5, 5.41) is 4.51. The van der Waals surface area contributed by atoms with E-state index in [0.717, 1.165) is 128 Å². The fourth-order valence-electron chi connectivity index (χ4n) is 9.14. The first-order chi connectivity index (χ1) is 29.2. The van der Waals surface area contributed by atoms with Gasteiger partial charge in [-0.1, -0.05) is 127 Å². The molecule has 0 aliphatic carbocycles. The summed E-state index contributed by atoms with van der Waals surface area (Å²) < 4.78 is 25.9. The molecule has 0 fully saturated rings. The van der Waals surface area contributed by atoms with E-state index in [4.69, 9.17) is 18.3 Å². The Hall–Kier alpha value is -8.02. The van der Waals surface area contributed by atoms with Crippen LogP contribution < -0.4 is 14.4 Å². The molecule has 4 heterocycles. The van der Waals surface area contributed by atoms with Crippen molar-refractivity contribution in [1.82, 2.24) is 0 Å². The summed E-state index contributed by atoms with van der Waals surface area (Å²) in [4.78, 5) is 2.27. The largest absolute Gasteiger partial charge is 0.456 e. The second-order valence-electron chi connectivity index (χ2n) is 15.2. The monoisotopic (exact) mass is 757 g/mol. The van der Waals surface area contributed by atoms with Gasteiger partial charge in [-0.2, -0.15) is 0 Å². The third kappa shape index (κ3) is 4.85. The van der Waals surface area contributed by atoms with Crippen LogP contribution >= 0.6 is 0 Å². The Morgan fingerprint density at radius 1 is 0.305 bits per heavy atom. The Morgan fingerprint density at radius 3 is 1.39 bits per heavy atom. The minimum absolute atomic E-state index is 0.742. The van der Waals surface area contributed by atoms with Crippen molar-refractivity contribution >= 4 is 60.9 Å². The lowest BCUT2D eigenvalue weighted by molar-refractivity contribution is 0.446. The van der Waals surface area contributed by atoms with E-state index in [1.807, 2.05) is 54.6 Å². The summed E-state index contributed by atoms with van der Waals surface area (Å²) in [5.41, 5.74) is 15.2. The zero-order valence-corrected chi connectivity index (χ0v) is 31.5. The molecule has 0 saturated carbocycles. The summed E-state index contributed by atoms with van der Waals surface area (Å²) in [6.45, 7) is 0. The van der Waals surface area contributed by atoms with Gasteiger partial charge >= 0.3 is 0 Å². The number of fused-ring (bicyclic) bond motifs is 10. The Morgan fingerprint density at radius 2 is 0.763 bits per heavy atom. The van der Waals surface area contributed by atoms with Gasteiger partial charge in [0, 0.05) is 21.5 Å². The molecule has 5 heteroatoms. The van der Waals surface area contributed by atoms with Crippen molar-refractivity contribution in [2.45, 2.75) is 0 Å². The van der Waals surface area contributed by atoms with Crippen molar-refractivity contribution in [3.63, 3.8) is 0 Å². The SMILES string of the molecule is c1ccc2c(c1)Oc1cc(-c3ccc(-c4cccc5oc6ccccc6c45)cc3)cc3c1N2c1ccc(-c2ccc(-c4cccc5oc6ccccc6c45)cc2)cc1O3. The normalized spacial score (nSPS) is 12.6. The Labute approximate surface area is 338 Å². The molecule has 5 nitrogen and oxygen atoms in total. The minimum atomic E-state index is 0.742. The van der Waals surface area contributed by atoms with Gasteiger partial charge in [0.1, 0.15) is 28.0 Å². The van der Waals surface area contributed by atoms with Crippen LogP contribution in [0.15, 0.2) is 197 Å². The lowest BCUT2D eigenvalue weighted by Gasteiger charge is -2.38. The molecule has 0 atom stereocenters. The summed E-state index contributed by atoms with van der Waals surface area (Å²) in [5.74, 6) is 3.07. The van der Waals surface area contributed by atoms with Gasteiger partial charge in [-0.3, -0.25) is 4.90 Å². The molecule has 2 aliphatic heterocycles. The van der Waals surface area contributed by atoms with Crippen molar-refractivity contribution in [3.05, 3.63) is 188 Å². The van der Waals surface area contributed by atoms with E-state index in [1.54, 1.807) is 0 Å². The summed E-state index contributed by atoms with van der Waals surface area (Å²) in [6.07, 6.45) is 0. The highest BCUT2D eigenvalue weighted by Crippen LogP contribution is 2.61. The summed E-state index contributed by atoms with van der Waals surface area (Å²) in [7, 11) is 0. The van der Waals surface area contributed by atoms with Crippen molar-refractivity contribution < 1.29 is 18.3 Å². The van der Waals surface area contributed by atoms with E-state index >= 15 is 0 Å². The molecule has 59 heavy (non-hydrogen) atoms. The van der Waals surface area contributed by atoms with E-state index < -0.39 is 0 Å². The molecule has 0 unspecified atom stereocenters. The molecule has 11 aromatic rings. The maximum atomic E-state index is 6.87. The molecule has 0 amide bonds. The van der Waals surface area contributed by atoms with E-state index in [0.29, 0.717) is 0 Å². The number of hydrogen-bond donors (Lipinski definition) is 0. The highest BCUT2D eigenvalue weighted by Gasteiger charge is 2.35. The predicted octanol–water partition coefficient (Wildman–Crippen LogP) is 15.8. The zero-order chi connectivity index (χ0) is 38.6. The highest BCUT2D eigenvalue weighted by molar-refractivity contribution is 6.13. The van der Waals surface area contributed by atoms with Crippen molar-refractivity contribution in [1.29, 1.82) is 0 Å². The van der Waals surface area contributed by atoms with Crippen LogP contribution in [0, 0.1) is 0 Å². The predicted molar refractivity (Wildman–Crippen MR) is 238 cm³/mol. The number of hydrogen-bond acceptors (Lipinski definition) is 5. The maximum absolute atomic E-state index is 6.87.